The number of esters is 1. The standard InChI is InChI=1S/C27H29NO4S2/c1-21-12-15-24(16-13-21)34(30,31)28-18-19-33-20-25(28)27(29)32-26(23-10-6-3-7-11-23)17-14-22-8-4-2-5-9-22/h2-13,15-16,25-26H,14,17-20H2,1H3/t25-,26?/m0/s1. The van der Waals surface area contributed by atoms with Gasteiger partial charge in [-0.05, 0) is 43.0 Å². The number of thioether (sulfide) groups is 1. The molecule has 7 heteroatoms. The van der Waals surface area contributed by atoms with Gasteiger partial charge in [-0.15, -0.1) is 0 Å². The first kappa shape index (κ1) is 24.5. The molecule has 1 aliphatic heterocycles. The van der Waals surface area contributed by atoms with Gasteiger partial charge < -0.3 is 4.74 Å². The number of hydrogen-bond donors (Lipinski definition) is 0. The highest BCUT2D eigenvalue weighted by Crippen LogP contribution is 2.29. The van der Waals surface area contributed by atoms with E-state index in [-0.39, 0.29) is 11.4 Å². The van der Waals surface area contributed by atoms with Crippen molar-refractivity contribution in [1.82, 2.24) is 4.31 Å². The lowest BCUT2D eigenvalue weighted by molar-refractivity contribution is -0.153. The first-order valence-corrected chi connectivity index (χ1v) is 14.0. The third-order valence-electron chi connectivity index (χ3n) is 5.95. The van der Waals surface area contributed by atoms with Crippen molar-refractivity contribution in [3.63, 3.8) is 0 Å². The lowest BCUT2D eigenvalue weighted by Gasteiger charge is -2.33. The molecule has 0 bridgehead atoms. The smallest absolute Gasteiger partial charge is 0.325 e. The average Bonchev–Trinajstić information content (AvgIpc) is 2.88. The minimum Gasteiger partial charge on any atom is -0.456 e. The predicted octanol–water partition coefficient (Wildman–Crippen LogP) is 5.02. The average molecular weight is 496 g/mol. The summed E-state index contributed by atoms with van der Waals surface area (Å²) >= 11 is 1.58. The summed E-state index contributed by atoms with van der Waals surface area (Å²) in [6.07, 6.45) is 0.910. The molecule has 4 rings (SSSR count). The van der Waals surface area contributed by atoms with Gasteiger partial charge in [-0.25, -0.2) is 8.42 Å². The zero-order chi connectivity index (χ0) is 24.0. The number of nitrogens with zero attached hydrogens (tertiary/aromatic N) is 1. The van der Waals surface area contributed by atoms with Crippen molar-refractivity contribution >= 4 is 27.8 Å². The molecule has 0 aliphatic carbocycles. The molecule has 0 amide bonds. The van der Waals surface area contributed by atoms with Gasteiger partial charge in [0.2, 0.25) is 10.0 Å². The van der Waals surface area contributed by atoms with Crippen molar-refractivity contribution in [2.45, 2.75) is 36.8 Å². The first-order chi connectivity index (χ1) is 16.4. The van der Waals surface area contributed by atoms with Crippen molar-refractivity contribution in [2.75, 3.05) is 18.1 Å². The molecule has 178 valence electrons. The van der Waals surface area contributed by atoms with Crippen LogP contribution in [-0.2, 0) is 26.0 Å². The van der Waals surface area contributed by atoms with E-state index in [0.29, 0.717) is 17.9 Å². The molecule has 1 aliphatic rings. The lowest BCUT2D eigenvalue weighted by Crippen LogP contribution is -2.51. The van der Waals surface area contributed by atoms with Crippen molar-refractivity contribution in [1.29, 1.82) is 0 Å². The Balaban J connectivity index is 1.54. The van der Waals surface area contributed by atoms with Crippen LogP contribution >= 0.6 is 11.8 Å². The molecule has 3 aromatic rings. The molecule has 3 aromatic carbocycles. The number of carbonyl (C=O) groups excluding carboxylic acids is 1. The van der Waals surface area contributed by atoms with Crippen LogP contribution in [-0.4, -0.2) is 42.8 Å². The third kappa shape index (κ3) is 5.90. The Morgan fingerprint density at radius 3 is 2.32 bits per heavy atom. The molecule has 34 heavy (non-hydrogen) atoms. The summed E-state index contributed by atoms with van der Waals surface area (Å²) in [7, 11) is -3.81. The maximum Gasteiger partial charge on any atom is 0.325 e. The van der Waals surface area contributed by atoms with E-state index >= 15 is 0 Å². The van der Waals surface area contributed by atoms with Crippen molar-refractivity contribution in [3.8, 4) is 0 Å². The summed E-state index contributed by atoms with van der Waals surface area (Å²) in [6, 6.07) is 25.6. The molecule has 1 fully saturated rings. The Kier molecular flexibility index (Phi) is 8.08. The fourth-order valence-electron chi connectivity index (χ4n) is 4.03. The number of aryl methyl sites for hydroxylation is 2. The van der Waals surface area contributed by atoms with Gasteiger partial charge in [-0.1, -0.05) is 78.4 Å². The van der Waals surface area contributed by atoms with Crippen LogP contribution in [0.1, 0.15) is 29.2 Å². The van der Waals surface area contributed by atoms with E-state index in [1.807, 2.05) is 55.5 Å². The summed E-state index contributed by atoms with van der Waals surface area (Å²) in [5.74, 6) is 0.527. The van der Waals surface area contributed by atoms with Gasteiger partial charge in [0.25, 0.3) is 0 Å². The second-order valence-electron chi connectivity index (χ2n) is 8.38. The summed E-state index contributed by atoms with van der Waals surface area (Å²) in [4.78, 5) is 13.6. The maximum absolute atomic E-state index is 13.4. The van der Waals surface area contributed by atoms with E-state index in [1.54, 1.807) is 36.0 Å². The molecule has 1 saturated heterocycles. The lowest BCUT2D eigenvalue weighted by atomic mass is 10.0. The minimum atomic E-state index is -3.81. The normalized spacial score (nSPS) is 17.7. The van der Waals surface area contributed by atoms with E-state index in [0.717, 1.165) is 23.1 Å². The number of benzene rings is 3. The van der Waals surface area contributed by atoms with Gasteiger partial charge in [0.05, 0.1) is 4.90 Å². The van der Waals surface area contributed by atoms with Crippen molar-refractivity contribution in [3.05, 3.63) is 102 Å². The van der Waals surface area contributed by atoms with Gasteiger partial charge in [0.15, 0.2) is 0 Å². The number of sulfonamides is 1. The van der Waals surface area contributed by atoms with Gasteiger partial charge in [-0.3, -0.25) is 4.79 Å². The van der Waals surface area contributed by atoms with Gasteiger partial charge in [0, 0.05) is 18.1 Å². The monoisotopic (exact) mass is 495 g/mol. The van der Waals surface area contributed by atoms with Crippen LogP contribution in [0.15, 0.2) is 89.8 Å². The zero-order valence-corrected chi connectivity index (χ0v) is 20.8. The molecular formula is C27H29NO4S2. The van der Waals surface area contributed by atoms with Crippen LogP contribution < -0.4 is 0 Å². The molecule has 0 aromatic heterocycles. The predicted molar refractivity (Wildman–Crippen MR) is 136 cm³/mol. The molecule has 5 nitrogen and oxygen atoms in total. The quantitative estimate of drug-likeness (QED) is 0.411. The van der Waals surface area contributed by atoms with Gasteiger partial charge in [0.1, 0.15) is 12.1 Å². The fourth-order valence-corrected chi connectivity index (χ4v) is 6.85. The van der Waals surface area contributed by atoms with Crippen molar-refractivity contribution < 1.29 is 17.9 Å². The Morgan fingerprint density at radius 1 is 1.00 bits per heavy atom. The molecule has 0 radical (unpaired) electrons. The van der Waals surface area contributed by atoms with E-state index in [9.17, 15) is 13.2 Å². The summed E-state index contributed by atoms with van der Waals surface area (Å²) in [6.45, 7) is 2.19. The van der Waals surface area contributed by atoms with E-state index < -0.39 is 28.1 Å². The van der Waals surface area contributed by atoms with Crippen LogP contribution in [0.4, 0.5) is 0 Å². The highest BCUT2D eigenvalue weighted by Gasteiger charge is 2.39. The highest BCUT2D eigenvalue weighted by molar-refractivity contribution is 7.99. The molecule has 1 unspecified atom stereocenters. The van der Waals surface area contributed by atoms with Crippen LogP contribution in [0.2, 0.25) is 0 Å². The van der Waals surface area contributed by atoms with Gasteiger partial charge >= 0.3 is 5.97 Å². The highest BCUT2D eigenvalue weighted by atomic mass is 32.2. The fraction of sp³-hybridized carbons (Fsp3) is 0.296. The second-order valence-corrected chi connectivity index (χ2v) is 11.4. The first-order valence-electron chi connectivity index (χ1n) is 11.4. The minimum absolute atomic E-state index is 0.200. The van der Waals surface area contributed by atoms with E-state index in [2.05, 4.69) is 12.1 Å². The third-order valence-corrected chi connectivity index (χ3v) is 8.89. The Labute approximate surface area is 206 Å². The number of ether oxygens (including phenoxy) is 1. The Hall–Kier alpha value is -2.61. The van der Waals surface area contributed by atoms with Crippen LogP contribution in [0.5, 0.6) is 0 Å². The maximum atomic E-state index is 13.4. The Bertz CT molecular complexity index is 1180. The summed E-state index contributed by atoms with van der Waals surface area (Å²) in [5.41, 5.74) is 3.05. The van der Waals surface area contributed by atoms with E-state index in [1.165, 1.54) is 4.31 Å². The second kappa shape index (κ2) is 11.2. The molecule has 0 N–H and O–H groups in total. The van der Waals surface area contributed by atoms with E-state index in [4.69, 9.17) is 4.74 Å². The van der Waals surface area contributed by atoms with Crippen LogP contribution in [0, 0.1) is 6.92 Å². The number of carbonyl (C=O) groups is 1. The topological polar surface area (TPSA) is 63.7 Å². The number of hydrogen-bond acceptors (Lipinski definition) is 5. The molecule has 0 saturated carbocycles. The summed E-state index contributed by atoms with van der Waals surface area (Å²) < 4.78 is 34.1. The molecule has 1 heterocycles. The zero-order valence-electron chi connectivity index (χ0n) is 19.2. The molecule has 2 atom stereocenters. The number of rotatable bonds is 8. The Morgan fingerprint density at radius 2 is 1.65 bits per heavy atom. The summed E-state index contributed by atoms with van der Waals surface area (Å²) in [5, 5.41) is 0. The van der Waals surface area contributed by atoms with Crippen molar-refractivity contribution in [2.24, 2.45) is 0 Å². The SMILES string of the molecule is Cc1ccc(S(=O)(=O)N2CCSC[C@H]2C(=O)OC(CCc2ccccc2)c2ccccc2)cc1. The molecule has 0 spiro atoms. The van der Waals surface area contributed by atoms with Gasteiger partial charge in [-0.2, -0.15) is 16.1 Å². The molecular weight excluding hydrogens is 466 g/mol. The van der Waals surface area contributed by atoms with Crippen LogP contribution in [0.3, 0.4) is 0 Å². The largest absolute Gasteiger partial charge is 0.456 e. The van der Waals surface area contributed by atoms with Crippen LogP contribution in [0.25, 0.3) is 0 Å².